The van der Waals surface area contributed by atoms with Gasteiger partial charge in [-0.3, -0.25) is 4.79 Å². The van der Waals surface area contributed by atoms with E-state index in [1.807, 2.05) is 47.4 Å². The quantitative estimate of drug-likeness (QED) is 0.832. The standard InChI is InChI=1S/C19H20ClNO2/c1-23-13-16-12-15(19(22)21-10-2-3-11-21)6-9-18(16)14-4-7-17(20)8-5-14/h4-9,12H,2-3,10-11,13H2,1H3. The maximum Gasteiger partial charge on any atom is 0.253 e. The van der Waals surface area contributed by atoms with E-state index in [1.54, 1.807) is 7.11 Å². The molecule has 0 bridgehead atoms. The van der Waals surface area contributed by atoms with Crippen molar-refractivity contribution in [3.8, 4) is 11.1 Å². The third-order valence-corrected chi connectivity index (χ3v) is 4.45. The molecule has 1 aliphatic heterocycles. The summed E-state index contributed by atoms with van der Waals surface area (Å²) in [7, 11) is 1.67. The molecule has 3 nitrogen and oxygen atoms in total. The molecule has 0 saturated carbocycles. The highest BCUT2D eigenvalue weighted by Crippen LogP contribution is 2.27. The predicted molar refractivity (Wildman–Crippen MR) is 92.7 cm³/mol. The van der Waals surface area contributed by atoms with Crippen LogP contribution in [0.5, 0.6) is 0 Å². The summed E-state index contributed by atoms with van der Waals surface area (Å²) in [6.45, 7) is 2.19. The van der Waals surface area contributed by atoms with Gasteiger partial charge in [0.2, 0.25) is 0 Å². The van der Waals surface area contributed by atoms with Crippen LogP contribution in [-0.4, -0.2) is 31.0 Å². The number of amides is 1. The Hall–Kier alpha value is -1.84. The maximum absolute atomic E-state index is 12.6. The van der Waals surface area contributed by atoms with Crippen molar-refractivity contribution >= 4 is 17.5 Å². The Bertz CT molecular complexity index is 691. The van der Waals surface area contributed by atoms with Crippen LogP contribution in [0.3, 0.4) is 0 Å². The number of methoxy groups -OCH3 is 1. The number of nitrogens with zero attached hydrogens (tertiary/aromatic N) is 1. The van der Waals surface area contributed by atoms with Crippen LogP contribution in [0.15, 0.2) is 42.5 Å². The van der Waals surface area contributed by atoms with Gasteiger partial charge in [-0.2, -0.15) is 0 Å². The Morgan fingerprint density at radius 3 is 2.48 bits per heavy atom. The Balaban J connectivity index is 1.94. The van der Waals surface area contributed by atoms with E-state index in [-0.39, 0.29) is 5.91 Å². The summed E-state index contributed by atoms with van der Waals surface area (Å²) in [6.07, 6.45) is 2.19. The minimum Gasteiger partial charge on any atom is -0.380 e. The van der Waals surface area contributed by atoms with E-state index in [4.69, 9.17) is 16.3 Å². The molecule has 0 aliphatic carbocycles. The zero-order valence-corrected chi connectivity index (χ0v) is 14.0. The van der Waals surface area contributed by atoms with Gasteiger partial charge in [0.25, 0.3) is 5.91 Å². The van der Waals surface area contributed by atoms with Crippen LogP contribution in [0.4, 0.5) is 0 Å². The minimum atomic E-state index is 0.113. The van der Waals surface area contributed by atoms with Gasteiger partial charge in [0.15, 0.2) is 0 Å². The third kappa shape index (κ3) is 3.57. The van der Waals surface area contributed by atoms with E-state index in [2.05, 4.69) is 0 Å². The molecule has 23 heavy (non-hydrogen) atoms. The van der Waals surface area contributed by atoms with E-state index in [1.165, 1.54) is 0 Å². The number of rotatable bonds is 4. The number of benzene rings is 2. The molecule has 0 spiro atoms. The smallest absolute Gasteiger partial charge is 0.253 e. The van der Waals surface area contributed by atoms with Crippen molar-refractivity contribution in [2.24, 2.45) is 0 Å². The van der Waals surface area contributed by atoms with Gasteiger partial charge >= 0.3 is 0 Å². The van der Waals surface area contributed by atoms with Gasteiger partial charge in [0.05, 0.1) is 6.61 Å². The summed E-state index contributed by atoms with van der Waals surface area (Å²) in [5, 5.41) is 0.711. The molecule has 1 amide bonds. The molecule has 120 valence electrons. The molecule has 2 aromatic rings. The van der Waals surface area contributed by atoms with Crippen LogP contribution >= 0.6 is 11.6 Å². The lowest BCUT2D eigenvalue weighted by Gasteiger charge is -2.17. The molecule has 0 atom stereocenters. The highest BCUT2D eigenvalue weighted by atomic mass is 35.5. The lowest BCUT2D eigenvalue weighted by Crippen LogP contribution is -2.27. The van der Waals surface area contributed by atoms with Crippen molar-refractivity contribution in [2.45, 2.75) is 19.4 Å². The SMILES string of the molecule is COCc1cc(C(=O)N2CCCC2)ccc1-c1ccc(Cl)cc1. The van der Waals surface area contributed by atoms with Crippen LogP contribution in [0.25, 0.3) is 11.1 Å². The van der Waals surface area contributed by atoms with Crippen molar-refractivity contribution in [2.75, 3.05) is 20.2 Å². The van der Waals surface area contributed by atoms with Crippen molar-refractivity contribution < 1.29 is 9.53 Å². The van der Waals surface area contributed by atoms with Gasteiger partial charge in [0.1, 0.15) is 0 Å². The van der Waals surface area contributed by atoms with E-state index in [0.29, 0.717) is 11.6 Å². The van der Waals surface area contributed by atoms with Gasteiger partial charge < -0.3 is 9.64 Å². The average molecular weight is 330 g/mol. The zero-order valence-electron chi connectivity index (χ0n) is 13.2. The second-order valence-electron chi connectivity index (χ2n) is 5.81. The van der Waals surface area contributed by atoms with Crippen LogP contribution in [0, 0.1) is 0 Å². The fourth-order valence-corrected chi connectivity index (χ4v) is 3.14. The molecular weight excluding hydrogens is 310 g/mol. The van der Waals surface area contributed by atoms with Crippen molar-refractivity contribution in [1.29, 1.82) is 0 Å². The summed E-state index contributed by atoms with van der Waals surface area (Å²) in [5.74, 6) is 0.113. The Morgan fingerprint density at radius 1 is 1.13 bits per heavy atom. The van der Waals surface area contributed by atoms with E-state index in [0.717, 1.165) is 48.2 Å². The average Bonchev–Trinajstić information content (AvgIpc) is 3.10. The Labute approximate surface area is 141 Å². The molecular formula is C19H20ClNO2. The number of likely N-dealkylation sites (tertiary alicyclic amines) is 1. The summed E-state index contributed by atoms with van der Waals surface area (Å²) in [4.78, 5) is 14.5. The number of ether oxygens (including phenoxy) is 1. The number of carbonyl (C=O) groups excluding carboxylic acids is 1. The molecule has 3 rings (SSSR count). The number of hydrogen-bond donors (Lipinski definition) is 0. The van der Waals surface area contributed by atoms with Crippen LogP contribution in [-0.2, 0) is 11.3 Å². The highest BCUT2D eigenvalue weighted by Gasteiger charge is 2.20. The molecule has 1 saturated heterocycles. The Kier molecular flexibility index (Phi) is 4.99. The van der Waals surface area contributed by atoms with Crippen molar-refractivity contribution in [3.05, 3.63) is 58.6 Å². The number of hydrogen-bond acceptors (Lipinski definition) is 2. The fourth-order valence-electron chi connectivity index (χ4n) is 3.02. The fraction of sp³-hybridized carbons (Fsp3) is 0.316. The molecule has 1 aliphatic rings. The van der Waals surface area contributed by atoms with Crippen molar-refractivity contribution in [1.82, 2.24) is 4.90 Å². The summed E-state index contributed by atoms with van der Waals surface area (Å²) >= 11 is 5.96. The first kappa shape index (κ1) is 16.0. The summed E-state index contributed by atoms with van der Waals surface area (Å²) in [6, 6.07) is 13.6. The topological polar surface area (TPSA) is 29.5 Å². The van der Waals surface area contributed by atoms with Crippen LogP contribution < -0.4 is 0 Å². The van der Waals surface area contributed by atoms with E-state index >= 15 is 0 Å². The normalized spacial score (nSPS) is 14.3. The first-order chi connectivity index (χ1) is 11.2. The van der Waals surface area contributed by atoms with Crippen LogP contribution in [0.1, 0.15) is 28.8 Å². The van der Waals surface area contributed by atoms with Gasteiger partial charge in [-0.15, -0.1) is 0 Å². The highest BCUT2D eigenvalue weighted by molar-refractivity contribution is 6.30. The first-order valence-corrected chi connectivity index (χ1v) is 8.24. The largest absolute Gasteiger partial charge is 0.380 e. The minimum absolute atomic E-state index is 0.113. The van der Waals surface area contributed by atoms with Gasteiger partial charge in [-0.25, -0.2) is 0 Å². The van der Waals surface area contributed by atoms with Gasteiger partial charge in [-0.05, 0) is 53.8 Å². The first-order valence-electron chi connectivity index (χ1n) is 7.86. The lowest BCUT2D eigenvalue weighted by atomic mass is 9.97. The molecule has 0 aromatic heterocycles. The third-order valence-electron chi connectivity index (χ3n) is 4.20. The summed E-state index contributed by atoms with van der Waals surface area (Å²) < 4.78 is 5.32. The lowest BCUT2D eigenvalue weighted by molar-refractivity contribution is 0.0792. The Morgan fingerprint density at radius 2 is 1.83 bits per heavy atom. The summed E-state index contributed by atoms with van der Waals surface area (Å²) in [5.41, 5.74) is 3.89. The molecule has 4 heteroatoms. The van der Waals surface area contributed by atoms with Crippen LogP contribution in [0.2, 0.25) is 5.02 Å². The monoisotopic (exact) mass is 329 g/mol. The van der Waals surface area contributed by atoms with Gasteiger partial charge in [-0.1, -0.05) is 29.8 Å². The molecule has 2 aromatic carbocycles. The second kappa shape index (κ2) is 7.16. The van der Waals surface area contributed by atoms with Crippen molar-refractivity contribution in [3.63, 3.8) is 0 Å². The van der Waals surface area contributed by atoms with E-state index in [9.17, 15) is 4.79 Å². The van der Waals surface area contributed by atoms with Gasteiger partial charge in [0, 0.05) is 30.8 Å². The number of halogens is 1. The maximum atomic E-state index is 12.6. The second-order valence-corrected chi connectivity index (χ2v) is 6.25. The molecule has 0 radical (unpaired) electrons. The number of carbonyl (C=O) groups is 1. The van der Waals surface area contributed by atoms with E-state index < -0.39 is 0 Å². The molecule has 0 N–H and O–H groups in total. The zero-order chi connectivity index (χ0) is 16.2. The molecule has 0 unspecified atom stereocenters. The molecule has 1 fully saturated rings. The molecule has 1 heterocycles. The predicted octanol–water partition coefficient (Wildman–Crippen LogP) is 4.39.